The highest BCUT2D eigenvalue weighted by Crippen LogP contribution is 2.41. The molecule has 3 aromatic carbocycles. The number of aromatic nitrogens is 2. The van der Waals surface area contributed by atoms with Crippen LogP contribution in [-0.2, 0) is 6.54 Å². The Morgan fingerprint density at radius 3 is 2.54 bits per heavy atom. The van der Waals surface area contributed by atoms with Crippen molar-refractivity contribution >= 4 is 17.5 Å². The van der Waals surface area contributed by atoms with Gasteiger partial charge in [0.2, 0.25) is 5.62 Å². The first-order chi connectivity index (χ1) is 18.8. The van der Waals surface area contributed by atoms with Gasteiger partial charge in [0.05, 0.1) is 17.6 Å². The number of benzene rings is 3. The first-order valence-corrected chi connectivity index (χ1v) is 13.6. The molecular formula is C31H29ClF2N4O. The molecule has 2 aliphatic rings. The maximum atomic E-state index is 13.9. The number of rotatable bonds is 8. The lowest BCUT2D eigenvalue weighted by Gasteiger charge is -2.20. The maximum Gasteiger partial charge on any atom is 0.251 e. The van der Waals surface area contributed by atoms with E-state index in [1.807, 2.05) is 33.7 Å². The summed E-state index contributed by atoms with van der Waals surface area (Å²) in [5, 5.41) is 12.0. The van der Waals surface area contributed by atoms with Gasteiger partial charge < -0.3 is 14.5 Å². The maximum absolute atomic E-state index is 13.9. The average molecular weight is 547 g/mol. The number of carbonyl (C=O) groups excluding carboxylic acids is 1. The summed E-state index contributed by atoms with van der Waals surface area (Å²) in [4.78, 5) is 13.7. The fourth-order valence-corrected chi connectivity index (χ4v) is 5.47. The highest BCUT2D eigenvalue weighted by Gasteiger charge is 2.34. The first-order valence-electron chi connectivity index (χ1n) is 13.2. The topological polar surface area (TPSA) is 62.8 Å². The van der Waals surface area contributed by atoms with Gasteiger partial charge in [-0.05, 0) is 103 Å². The quantitative estimate of drug-likeness (QED) is 0.247. The van der Waals surface area contributed by atoms with Crippen LogP contribution in [0.2, 0.25) is 5.02 Å². The molecular weight excluding hydrogens is 518 g/mol. The Hall–Kier alpha value is -3.71. The molecule has 2 saturated carbocycles. The van der Waals surface area contributed by atoms with Crippen LogP contribution in [0.3, 0.4) is 0 Å². The standard InChI is InChI=1S/C31H29ClF2N4O/c1-18-12-21(4-9-28(18)34)29(20-2-3-20)36-30(39)23-14-19(17-37-10-11-38(31(37)35)25-6-7-25)13-22(15-23)26-8-5-24(33)16-27(26)32/h4-5,8-16,20,25,29,35H,2-3,6-7,17H2,1H3,(H,36,39)/t29-/m0/s1. The van der Waals surface area contributed by atoms with Gasteiger partial charge >= 0.3 is 0 Å². The molecule has 39 heavy (non-hydrogen) atoms. The number of nitrogens with one attached hydrogen (secondary N) is 2. The molecule has 200 valence electrons. The highest BCUT2D eigenvalue weighted by atomic mass is 35.5. The minimum Gasteiger partial charge on any atom is -0.345 e. The smallest absolute Gasteiger partial charge is 0.251 e. The summed E-state index contributed by atoms with van der Waals surface area (Å²) in [5.41, 5.74) is 4.43. The Labute approximate surface area is 230 Å². The zero-order valence-corrected chi connectivity index (χ0v) is 22.3. The van der Waals surface area contributed by atoms with E-state index in [1.54, 1.807) is 31.2 Å². The third-order valence-corrected chi connectivity index (χ3v) is 7.95. The summed E-state index contributed by atoms with van der Waals surface area (Å²) in [5.74, 6) is -0.649. The van der Waals surface area contributed by atoms with Crippen LogP contribution in [0.1, 0.15) is 64.8 Å². The van der Waals surface area contributed by atoms with Gasteiger partial charge in [-0.1, -0.05) is 23.7 Å². The molecule has 0 bridgehead atoms. The van der Waals surface area contributed by atoms with Crippen molar-refractivity contribution in [1.29, 1.82) is 5.41 Å². The molecule has 0 aliphatic heterocycles. The summed E-state index contributed by atoms with van der Waals surface area (Å²) in [6.45, 7) is 2.12. The number of hydrogen-bond acceptors (Lipinski definition) is 2. The van der Waals surface area contributed by atoms with Gasteiger partial charge in [-0.25, -0.2) is 8.78 Å². The molecule has 0 radical (unpaired) electrons. The lowest BCUT2D eigenvalue weighted by Crippen LogP contribution is -2.30. The summed E-state index contributed by atoms with van der Waals surface area (Å²) in [6.07, 6.45) is 7.98. The molecule has 8 heteroatoms. The van der Waals surface area contributed by atoms with Gasteiger partial charge in [0.1, 0.15) is 11.6 Å². The molecule has 1 atom stereocenters. The molecule has 0 unspecified atom stereocenters. The molecule has 6 rings (SSSR count). The molecule has 1 heterocycles. The van der Waals surface area contributed by atoms with E-state index < -0.39 is 5.82 Å². The number of aryl methyl sites for hydroxylation is 1. The van der Waals surface area contributed by atoms with Crippen LogP contribution in [0.15, 0.2) is 67.0 Å². The van der Waals surface area contributed by atoms with Gasteiger partial charge in [0.15, 0.2) is 0 Å². The Bertz CT molecular complexity index is 1630. The number of halogens is 3. The summed E-state index contributed by atoms with van der Waals surface area (Å²) < 4.78 is 31.5. The van der Waals surface area contributed by atoms with Gasteiger partial charge in [0, 0.05) is 29.6 Å². The third-order valence-electron chi connectivity index (χ3n) is 7.64. The van der Waals surface area contributed by atoms with Crippen LogP contribution in [0.5, 0.6) is 0 Å². The predicted molar refractivity (Wildman–Crippen MR) is 147 cm³/mol. The molecule has 2 fully saturated rings. The molecule has 5 nitrogen and oxygen atoms in total. The fourth-order valence-electron chi connectivity index (χ4n) is 5.20. The number of nitrogens with zero attached hydrogens (tertiary/aromatic N) is 2. The molecule has 2 aliphatic carbocycles. The minimum absolute atomic E-state index is 0.222. The van der Waals surface area contributed by atoms with E-state index in [-0.39, 0.29) is 22.8 Å². The second-order valence-electron chi connectivity index (χ2n) is 10.7. The fraction of sp³-hybridized carbons (Fsp3) is 0.290. The lowest BCUT2D eigenvalue weighted by molar-refractivity contribution is 0.0931. The summed E-state index contributed by atoms with van der Waals surface area (Å²) >= 11 is 6.41. The normalized spacial score (nSPS) is 15.8. The van der Waals surface area contributed by atoms with Crippen LogP contribution in [0.25, 0.3) is 11.1 Å². The van der Waals surface area contributed by atoms with E-state index in [0.29, 0.717) is 46.4 Å². The molecule has 2 N–H and O–H groups in total. The van der Waals surface area contributed by atoms with Crippen LogP contribution >= 0.6 is 11.6 Å². The van der Waals surface area contributed by atoms with Crippen molar-refractivity contribution < 1.29 is 13.6 Å². The Morgan fingerprint density at radius 2 is 1.85 bits per heavy atom. The summed E-state index contributed by atoms with van der Waals surface area (Å²) in [7, 11) is 0. The van der Waals surface area contributed by atoms with Crippen molar-refractivity contribution in [2.24, 2.45) is 5.92 Å². The van der Waals surface area contributed by atoms with Crippen LogP contribution < -0.4 is 10.9 Å². The van der Waals surface area contributed by atoms with Crippen molar-refractivity contribution in [3.63, 3.8) is 0 Å². The van der Waals surface area contributed by atoms with E-state index in [1.165, 1.54) is 18.2 Å². The monoisotopic (exact) mass is 546 g/mol. The first kappa shape index (κ1) is 25.6. The molecule has 1 amide bonds. The summed E-state index contributed by atoms with van der Waals surface area (Å²) in [6, 6.07) is 14.9. The van der Waals surface area contributed by atoms with Gasteiger partial charge in [-0.3, -0.25) is 10.2 Å². The number of imidazole rings is 1. The number of hydrogen-bond donors (Lipinski definition) is 2. The second kappa shape index (κ2) is 10.1. The van der Waals surface area contributed by atoms with Crippen molar-refractivity contribution in [1.82, 2.24) is 14.5 Å². The van der Waals surface area contributed by atoms with Crippen LogP contribution in [0, 0.1) is 29.9 Å². The highest BCUT2D eigenvalue weighted by molar-refractivity contribution is 6.33. The minimum atomic E-state index is -0.435. The largest absolute Gasteiger partial charge is 0.345 e. The molecule has 1 aromatic heterocycles. The van der Waals surface area contributed by atoms with Gasteiger partial charge in [-0.15, -0.1) is 0 Å². The van der Waals surface area contributed by atoms with E-state index in [9.17, 15) is 13.6 Å². The SMILES string of the molecule is Cc1cc([C@@H](NC(=O)c2cc(Cn3ccn(C4CC4)c3=N)cc(-c3ccc(F)cc3Cl)c2)C2CC2)ccc1F. The second-order valence-corrected chi connectivity index (χ2v) is 11.1. The lowest BCUT2D eigenvalue weighted by atomic mass is 9.97. The van der Waals surface area contributed by atoms with E-state index in [0.717, 1.165) is 36.8 Å². The van der Waals surface area contributed by atoms with Crippen molar-refractivity contribution in [2.75, 3.05) is 0 Å². The Balaban J connectivity index is 1.36. The van der Waals surface area contributed by atoms with Crippen LogP contribution in [0.4, 0.5) is 8.78 Å². The zero-order chi connectivity index (χ0) is 27.3. The average Bonchev–Trinajstić information content (AvgIpc) is 3.84. The van der Waals surface area contributed by atoms with Crippen molar-refractivity contribution in [3.05, 3.63) is 112 Å². The molecule has 4 aromatic rings. The Kier molecular flexibility index (Phi) is 6.63. The third kappa shape index (κ3) is 5.41. The Morgan fingerprint density at radius 1 is 1.05 bits per heavy atom. The number of carbonyl (C=O) groups is 1. The zero-order valence-electron chi connectivity index (χ0n) is 21.6. The van der Waals surface area contributed by atoms with Crippen molar-refractivity contribution in [3.8, 4) is 11.1 Å². The van der Waals surface area contributed by atoms with E-state index >= 15 is 0 Å². The van der Waals surface area contributed by atoms with Gasteiger partial charge in [0.25, 0.3) is 5.91 Å². The molecule has 0 spiro atoms. The van der Waals surface area contributed by atoms with E-state index in [4.69, 9.17) is 17.0 Å². The van der Waals surface area contributed by atoms with Crippen LogP contribution in [-0.4, -0.2) is 15.0 Å². The number of amides is 1. The van der Waals surface area contributed by atoms with Crippen molar-refractivity contribution in [2.45, 2.75) is 51.2 Å². The predicted octanol–water partition coefficient (Wildman–Crippen LogP) is 6.94. The molecule has 0 saturated heterocycles. The van der Waals surface area contributed by atoms with E-state index in [2.05, 4.69) is 5.32 Å². The van der Waals surface area contributed by atoms with Gasteiger partial charge in [-0.2, -0.15) is 0 Å².